The largest absolute Gasteiger partial charge is 0.383 e. The van der Waals surface area contributed by atoms with Gasteiger partial charge in [0.2, 0.25) is 0 Å². The van der Waals surface area contributed by atoms with Crippen LogP contribution in [0.4, 0.5) is 0 Å². The lowest BCUT2D eigenvalue weighted by Gasteiger charge is -2.39. The van der Waals surface area contributed by atoms with Crippen LogP contribution in [-0.2, 0) is 10.3 Å². The van der Waals surface area contributed by atoms with Gasteiger partial charge in [-0.25, -0.2) is 0 Å². The minimum absolute atomic E-state index is 0.0563. The zero-order valence-electron chi connectivity index (χ0n) is 14.6. The van der Waals surface area contributed by atoms with Gasteiger partial charge in [-0.05, 0) is 42.9 Å². The van der Waals surface area contributed by atoms with E-state index in [0.717, 1.165) is 24.0 Å². The van der Waals surface area contributed by atoms with E-state index in [0.29, 0.717) is 18.8 Å². The van der Waals surface area contributed by atoms with Crippen LogP contribution in [0.2, 0.25) is 0 Å². The Morgan fingerprint density at radius 2 is 1.76 bits per heavy atom. The van der Waals surface area contributed by atoms with Crippen molar-refractivity contribution < 1.29 is 14.6 Å². The topological polar surface area (TPSA) is 58.6 Å². The van der Waals surface area contributed by atoms with E-state index in [1.165, 1.54) is 0 Å². The van der Waals surface area contributed by atoms with Crippen molar-refractivity contribution >= 4 is 5.91 Å². The monoisotopic (exact) mass is 339 g/mol. The molecular formula is C21H25NO3. The third kappa shape index (κ3) is 3.91. The Morgan fingerprint density at radius 3 is 2.44 bits per heavy atom. The highest BCUT2D eigenvalue weighted by molar-refractivity contribution is 5.95. The fraction of sp³-hybridized carbons (Fsp3) is 0.381. The third-order valence-corrected chi connectivity index (χ3v) is 5.08. The summed E-state index contributed by atoms with van der Waals surface area (Å²) >= 11 is 0. The molecular weight excluding hydrogens is 314 g/mol. The van der Waals surface area contributed by atoms with E-state index in [9.17, 15) is 9.90 Å². The second kappa shape index (κ2) is 7.81. The quantitative estimate of drug-likeness (QED) is 0.880. The van der Waals surface area contributed by atoms with Crippen LogP contribution in [0, 0.1) is 12.8 Å². The summed E-state index contributed by atoms with van der Waals surface area (Å²) in [6.45, 7) is 3.39. The van der Waals surface area contributed by atoms with Crippen molar-refractivity contribution in [2.45, 2.75) is 25.4 Å². The lowest BCUT2D eigenvalue weighted by Crippen LogP contribution is -2.47. The Bertz CT molecular complexity index is 710. The molecule has 1 fully saturated rings. The molecule has 1 saturated heterocycles. The SMILES string of the molecule is Cc1ccccc1C(=O)NCC(O)(c1ccccc1)C1CCOCC1. The number of carbonyl (C=O) groups excluding carboxylic acids is 1. The maximum Gasteiger partial charge on any atom is 0.251 e. The molecule has 132 valence electrons. The molecule has 1 aliphatic rings. The molecule has 1 aliphatic heterocycles. The van der Waals surface area contributed by atoms with Crippen molar-refractivity contribution in [3.8, 4) is 0 Å². The Balaban J connectivity index is 1.80. The molecule has 1 amide bonds. The van der Waals surface area contributed by atoms with Gasteiger partial charge in [-0.1, -0.05) is 48.5 Å². The van der Waals surface area contributed by atoms with E-state index in [-0.39, 0.29) is 18.4 Å². The minimum Gasteiger partial charge on any atom is -0.383 e. The maximum absolute atomic E-state index is 12.6. The van der Waals surface area contributed by atoms with Crippen molar-refractivity contribution in [2.75, 3.05) is 19.8 Å². The number of aliphatic hydroxyl groups is 1. The Morgan fingerprint density at radius 1 is 1.12 bits per heavy atom. The van der Waals surface area contributed by atoms with Crippen molar-refractivity contribution in [3.63, 3.8) is 0 Å². The van der Waals surface area contributed by atoms with Gasteiger partial charge in [-0.3, -0.25) is 4.79 Å². The average Bonchev–Trinajstić information content (AvgIpc) is 2.67. The van der Waals surface area contributed by atoms with Crippen molar-refractivity contribution in [1.82, 2.24) is 5.32 Å². The molecule has 0 saturated carbocycles. The summed E-state index contributed by atoms with van der Waals surface area (Å²) in [6.07, 6.45) is 1.57. The smallest absolute Gasteiger partial charge is 0.251 e. The molecule has 0 radical (unpaired) electrons. The molecule has 0 aromatic heterocycles. The molecule has 0 bridgehead atoms. The summed E-state index contributed by atoms with van der Waals surface area (Å²) in [6, 6.07) is 17.1. The van der Waals surface area contributed by atoms with Gasteiger partial charge >= 0.3 is 0 Å². The summed E-state index contributed by atoms with van der Waals surface area (Å²) in [4.78, 5) is 12.6. The summed E-state index contributed by atoms with van der Waals surface area (Å²) in [5.74, 6) is -0.0969. The van der Waals surface area contributed by atoms with Gasteiger partial charge in [0.1, 0.15) is 5.60 Å². The predicted molar refractivity (Wildman–Crippen MR) is 97.4 cm³/mol. The van der Waals surface area contributed by atoms with E-state index < -0.39 is 5.60 Å². The predicted octanol–water partition coefficient (Wildman–Crippen LogP) is 3.04. The highest BCUT2D eigenvalue weighted by Gasteiger charge is 2.39. The Labute approximate surface area is 148 Å². The van der Waals surface area contributed by atoms with Crippen LogP contribution in [0.3, 0.4) is 0 Å². The molecule has 2 aromatic carbocycles. The molecule has 0 spiro atoms. The summed E-state index contributed by atoms with van der Waals surface area (Å²) in [7, 11) is 0. The fourth-order valence-electron chi connectivity index (χ4n) is 3.52. The Hall–Kier alpha value is -2.17. The van der Waals surface area contributed by atoms with E-state index in [1.807, 2.05) is 55.5 Å². The van der Waals surface area contributed by atoms with E-state index >= 15 is 0 Å². The fourth-order valence-corrected chi connectivity index (χ4v) is 3.52. The third-order valence-electron chi connectivity index (χ3n) is 5.08. The van der Waals surface area contributed by atoms with Gasteiger partial charge in [-0.2, -0.15) is 0 Å². The highest BCUT2D eigenvalue weighted by atomic mass is 16.5. The van der Waals surface area contributed by atoms with Gasteiger partial charge in [0.15, 0.2) is 0 Å². The molecule has 2 aromatic rings. The van der Waals surface area contributed by atoms with Gasteiger partial charge in [-0.15, -0.1) is 0 Å². The van der Waals surface area contributed by atoms with Crippen LogP contribution in [-0.4, -0.2) is 30.8 Å². The number of carbonyl (C=O) groups is 1. The number of ether oxygens (including phenoxy) is 1. The lowest BCUT2D eigenvalue weighted by atomic mass is 9.77. The number of nitrogens with one attached hydrogen (secondary N) is 1. The first-order chi connectivity index (χ1) is 12.1. The number of hydrogen-bond donors (Lipinski definition) is 2. The van der Waals surface area contributed by atoms with Crippen LogP contribution in [0.5, 0.6) is 0 Å². The summed E-state index contributed by atoms with van der Waals surface area (Å²) < 4.78 is 5.44. The lowest BCUT2D eigenvalue weighted by molar-refractivity contribution is -0.0680. The molecule has 1 unspecified atom stereocenters. The number of aryl methyl sites for hydroxylation is 1. The van der Waals surface area contributed by atoms with E-state index in [2.05, 4.69) is 5.32 Å². The van der Waals surface area contributed by atoms with Crippen molar-refractivity contribution in [1.29, 1.82) is 0 Å². The van der Waals surface area contributed by atoms with Crippen LogP contribution >= 0.6 is 0 Å². The normalized spacial score (nSPS) is 17.7. The molecule has 3 rings (SSSR count). The molecule has 1 heterocycles. The van der Waals surface area contributed by atoms with Gasteiger partial charge in [0.05, 0.1) is 6.54 Å². The average molecular weight is 339 g/mol. The van der Waals surface area contributed by atoms with Crippen LogP contribution < -0.4 is 5.32 Å². The number of hydrogen-bond acceptors (Lipinski definition) is 3. The van der Waals surface area contributed by atoms with Crippen LogP contribution in [0.15, 0.2) is 54.6 Å². The number of amides is 1. The zero-order valence-corrected chi connectivity index (χ0v) is 14.6. The molecule has 4 nitrogen and oxygen atoms in total. The van der Waals surface area contributed by atoms with E-state index in [4.69, 9.17) is 4.74 Å². The molecule has 25 heavy (non-hydrogen) atoms. The first-order valence-corrected chi connectivity index (χ1v) is 8.81. The minimum atomic E-state index is -1.09. The second-order valence-corrected chi connectivity index (χ2v) is 6.67. The van der Waals surface area contributed by atoms with Gasteiger partial charge in [0, 0.05) is 18.8 Å². The first-order valence-electron chi connectivity index (χ1n) is 8.81. The van der Waals surface area contributed by atoms with Crippen molar-refractivity contribution in [2.24, 2.45) is 5.92 Å². The van der Waals surface area contributed by atoms with E-state index in [1.54, 1.807) is 6.07 Å². The molecule has 0 aliphatic carbocycles. The van der Waals surface area contributed by atoms with Crippen LogP contribution in [0.1, 0.15) is 34.3 Å². The second-order valence-electron chi connectivity index (χ2n) is 6.67. The zero-order chi connectivity index (χ0) is 17.7. The standard InChI is InChI=1S/C21H25NO3/c1-16-7-5-6-10-19(16)20(23)22-15-21(24,17-8-3-2-4-9-17)18-11-13-25-14-12-18/h2-10,18,24H,11-15H2,1H3,(H,22,23). The summed E-state index contributed by atoms with van der Waals surface area (Å²) in [5.41, 5.74) is 1.31. The van der Waals surface area contributed by atoms with Crippen molar-refractivity contribution in [3.05, 3.63) is 71.3 Å². The molecule has 2 N–H and O–H groups in total. The highest BCUT2D eigenvalue weighted by Crippen LogP contribution is 2.35. The maximum atomic E-state index is 12.6. The Kier molecular flexibility index (Phi) is 5.51. The first kappa shape index (κ1) is 17.6. The number of benzene rings is 2. The molecule has 1 atom stereocenters. The molecule has 4 heteroatoms. The summed E-state index contributed by atoms with van der Waals surface area (Å²) in [5, 5.41) is 14.4. The van der Waals surface area contributed by atoms with Gasteiger partial charge in [0.25, 0.3) is 5.91 Å². The number of rotatable bonds is 5. The van der Waals surface area contributed by atoms with Crippen LogP contribution in [0.25, 0.3) is 0 Å². The van der Waals surface area contributed by atoms with Gasteiger partial charge < -0.3 is 15.2 Å².